The predicted molar refractivity (Wildman–Crippen MR) is 104 cm³/mol. The fourth-order valence-electron chi connectivity index (χ4n) is 3.14. The van der Waals surface area contributed by atoms with Crippen molar-refractivity contribution in [3.63, 3.8) is 0 Å². The van der Waals surface area contributed by atoms with E-state index in [1.165, 1.54) is 6.92 Å². The van der Waals surface area contributed by atoms with Crippen LogP contribution in [0, 0.1) is 0 Å². The molecule has 0 aliphatic carbocycles. The lowest BCUT2D eigenvalue weighted by Gasteiger charge is -2.40. The number of hydrogen-bond acceptors (Lipinski definition) is 6. The van der Waals surface area contributed by atoms with Gasteiger partial charge in [0.15, 0.2) is 12.4 Å². The molecule has 0 N–H and O–H groups in total. The van der Waals surface area contributed by atoms with Crippen LogP contribution >= 0.6 is 0 Å². The molecule has 0 aromatic heterocycles. The summed E-state index contributed by atoms with van der Waals surface area (Å²) < 4.78 is 10.2. The highest BCUT2D eigenvalue weighted by molar-refractivity contribution is 5.80. The summed E-state index contributed by atoms with van der Waals surface area (Å²) in [5.41, 5.74) is 0. The molecule has 0 aromatic rings. The van der Waals surface area contributed by atoms with E-state index in [0.29, 0.717) is 58.1 Å². The van der Waals surface area contributed by atoms with Crippen molar-refractivity contribution in [1.29, 1.82) is 0 Å². The van der Waals surface area contributed by atoms with E-state index < -0.39 is 0 Å². The minimum atomic E-state index is -0.178. The topological polar surface area (TPSA) is 99.7 Å². The molecule has 0 atom stereocenters. The summed E-state index contributed by atoms with van der Waals surface area (Å²) in [5, 5.41) is 0. The molecule has 2 aliphatic rings. The van der Waals surface area contributed by atoms with Crippen molar-refractivity contribution in [3.8, 4) is 0 Å². The van der Waals surface area contributed by atoms with Crippen molar-refractivity contribution in [2.24, 2.45) is 0 Å². The van der Waals surface area contributed by atoms with Crippen molar-refractivity contribution < 1.29 is 28.7 Å². The van der Waals surface area contributed by atoms with Crippen molar-refractivity contribution in [2.75, 3.05) is 72.2 Å². The number of amides is 4. The Morgan fingerprint density at radius 2 is 1.10 bits per heavy atom. The number of carbonyl (C=O) groups excluding carboxylic acids is 4. The fraction of sp³-hybridized carbons (Fsp3) is 0.684. The third-order valence-electron chi connectivity index (χ3n) is 4.78. The van der Waals surface area contributed by atoms with Crippen molar-refractivity contribution in [2.45, 2.75) is 13.8 Å². The first kappa shape index (κ1) is 22.7. The van der Waals surface area contributed by atoms with Crippen LogP contribution < -0.4 is 0 Å². The zero-order valence-corrected chi connectivity index (χ0v) is 17.2. The Hall–Kier alpha value is -2.62. The number of Topliss-reactive ketones (excluding diaryl/α,β-unsaturated/α-hetero) is 1. The summed E-state index contributed by atoms with van der Waals surface area (Å²) in [6, 6.07) is -0.0739. The molecule has 4 amide bonds. The number of piperazine rings is 2. The number of ether oxygens (including phenoxy) is 2. The molecular formula is C19H30N4O6. The van der Waals surface area contributed by atoms with Crippen LogP contribution in [0.1, 0.15) is 13.8 Å². The van der Waals surface area contributed by atoms with E-state index in [1.807, 2.05) is 0 Å². The minimum absolute atomic E-state index is 0.0323. The van der Waals surface area contributed by atoms with Gasteiger partial charge in [-0.25, -0.2) is 4.79 Å². The Kier molecular flexibility index (Phi) is 8.44. The number of hydrogen-bond donors (Lipinski definition) is 0. The van der Waals surface area contributed by atoms with Gasteiger partial charge in [-0.15, -0.1) is 0 Å². The molecule has 2 fully saturated rings. The van der Waals surface area contributed by atoms with Gasteiger partial charge >= 0.3 is 6.03 Å². The van der Waals surface area contributed by atoms with E-state index in [0.717, 1.165) is 0 Å². The highest BCUT2D eigenvalue weighted by Gasteiger charge is 2.30. The molecule has 162 valence electrons. The molecule has 0 saturated carbocycles. The first-order valence-electron chi connectivity index (χ1n) is 9.73. The van der Waals surface area contributed by atoms with Gasteiger partial charge in [-0.05, 0) is 13.8 Å². The molecule has 0 unspecified atom stereocenters. The van der Waals surface area contributed by atoms with Crippen molar-refractivity contribution in [1.82, 2.24) is 19.6 Å². The second kappa shape index (κ2) is 10.8. The Labute approximate surface area is 171 Å². The lowest BCUT2D eigenvalue weighted by Crippen LogP contribution is -2.58. The molecule has 2 heterocycles. The number of ketones is 1. The van der Waals surface area contributed by atoms with Gasteiger partial charge in [0.05, 0.1) is 5.76 Å². The number of nitrogens with zero attached hydrogens (tertiary/aromatic N) is 4. The fourth-order valence-corrected chi connectivity index (χ4v) is 3.14. The molecule has 2 saturated heterocycles. The van der Waals surface area contributed by atoms with Crippen LogP contribution in [0.4, 0.5) is 4.79 Å². The molecule has 0 spiro atoms. The highest BCUT2D eigenvalue weighted by Crippen LogP contribution is 2.10. The van der Waals surface area contributed by atoms with E-state index in [4.69, 9.17) is 9.47 Å². The number of urea groups is 1. The molecule has 0 radical (unpaired) electrons. The molecular weight excluding hydrogens is 380 g/mol. The van der Waals surface area contributed by atoms with Crippen LogP contribution in [0.3, 0.4) is 0 Å². The Morgan fingerprint density at radius 1 is 0.690 bits per heavy atom. The van der Waals surface area contributed by atoms with Crippen LogP contribution in [0.2, 0.25) is 0 Å². The molecule has 2 aliphatic heterocycles. The van der Waals surface area contributed by atoms with Crippen LogP contribution in [0.5, 0.6) is 0 Å². The lowest BCUT2D eigenvalue weighted by atomic mass is 10.3. The van der Waals surface area contributed by atoms with Crippen LogP contribution in [0.25, 0.3) is 0 Å². The number of rotatable bonds is 7. The second-order valence-electron chi connectivity index (χ2n) is 7.20. The van der Waals surface area contributed by atoms with Gasteiger partial charge in [-0.2, -0.15) is 0 Å². The van der Waals surface area contributed by atoms with Gasteiger partial charge in [-0.1, -0.05) is 6.58 Å². The second-order valence-corrected chi connectivity index (χ2v) is 7.20. The third kappa shape index (κ3) is 7.04. The summed E-state index contributed by atoms with van der Waals surface area (Å²) in [7, 11) is 0. The molecule has 0 aromatic carbocycles. The van der Waals surface area contributed by atoms with Crippen molar-refractivity contribution >= 4 is 23.6 Å². The molecule has 10 nitrogen and oxygen atoms in total. The average molecular weight is 410 g/mol. The van der Waals surface area contributed by atoms with Gasteiger partial charge in [-0.3, -0.25) is 14.4 Å². The van der Waals surface area contributed by atoms with Crippen LogP contribution in [-0.2, 0) is 23.9 Å². The Bertz CT molecular complexity index is 637. The molecule has 2 rings (SSSR count). The maximum atomic E-state index is 12.7. The minimum Gasteiger partial charge on any atom is -0.489 e. The summed E-state index contributed by atoms with van der Waals surface area (Å²) in [4.78, 5) is 54.5. The zero-order valence-electron chi connectivity index (χ0n) is 17.2. The van der Waals surface area contributed by atoms with Gasteiger partial charge in [0.2, 0.25) is 5.91 Å². The smallest absolute Gasteiger partial charge is 0.320 e. The SMILES string of the molecule is C=C(C)OCC(=O)N1CCN(C(=O)N2CCN(C(=O)COCC(C)=O)CC2)CC1. The summed E-state index contributed by atoms with van der Waals surface area (Å²) in [6.45, 7) is 10.1. The predicted octanol–water partition coefficient (Wildman–Crippen LogP) is -0.449. The zero-order chi connectivity index (χ0) is 21.4. The quantitative estimate of drug-likeness (QED) is 0.527. The van der Waals surface area contributed by atoms with E-state index in [2.05, 4.69) is 6.58 Å². The van der Waals surface area contributed by atoms with Gasteiger partial charge in [0.1, 0.15) is 13.2 Å². The van der Waals surface area contributed by atoms with Crippen LogP contribution in [-0.4, -0.2) is 115 Å². The molecule has 29 heavy (non-hydrogen) atoms. The number of carbonyl (C=O) groups is 4. The maximum Gasteiger partial charge on any atom is 0.320 e. The normalized spacial score (nSPS) is 17.2. The average Bonchev–Trinajstić information content (AvgIpc) is 2.71. The summed E-state index contributed by atoms with van der Waals surface area (Å²) in [5.74, 6) is 0.0789. The Balaban J connectivity index is 1.70. The lowest BCUT2D eigenvalue weighted by molar-refractivity contribution is -0.139. The third-order valence-corrected chi connectivity index (χ3v) is 4.78. The monoisotopic (exact) mass is 410 g/mol. The summed E-state index contributed by atoms with van der Waals surface area (Å²) in [6.07, 6.45) is 0. The largest absolute Gasteiger partial charge is 0.489 e. The first-order valence-corrected chi connectivity index (χ1v) is 9.73. The van der Waals surface area contributed by atoms with Crippen LogP contribution in [0.15, 0.2) is 12.3 Å². The highest BCUT2D eigenvalue weighted by atomic mass is 16.5. The first-order chi connectivity index (χ1) is 13.8. The van der Waals surface area contributed by atoms with Gasteiger partial charge < -0.3 is 29.1 Å². The standard InChI is InChI=1S/C19H30N4O6/c1-15(2)29-14-18(26)21-6-10-23(11-7-21)19(27)22-8-4-20(5-9-22)17(25)13-28-12-16(3)24/h1,4-14H2,2-3H3. The summed E-state index contributed by atoms with van der Waals surface area (Å²) >= 11 is 0. The maximum absolute atomic E-state index is 12.7. The van der Waals surface area contributed by atoms with E-state index in [-0.39, 0.29) is 43.4 Å². The van der Waals surface area contributed by atoms with E-state index in [1.54, 1.807) is 26.5 Å². The molecule has 10 heteroatoms. The molecule has 0 bridgehead atoms. The van der Waals surface area contributed by atoms with Gasteiger partial charge in [0.25, 0.3) is 5.91 Å². The Morgan fingerprint density at radius 3 is 1.52 bits per heavy atom. The number of allylic oxidation sites excluding steroid dienone is 1. The van der Waals surface area contributed by atoms with E-state index >= 15 is 0 Å². The van der Waals surface area contributed by atoms with Crippen molar-refractivity contribution in [3.05, 3.63) is 12.3 Å². The van der Waals surface area contributed by atoms with Gasteiger partial charge in [0, 0.05) is 52.4 Å². The van der Waals surface area contributed by atoms with E-state index in [9.17, 15) is 19.2 Å².